The van der Waals surface area contributed by atoms with Crippen LogP contribution in [0.3, 0.4) is 0 Å². The number of rotatable bonds is 10. The minimum atomic E-state index is -0.859. The lowest BCUT2D eigenvalue weighted by molar-refractivity contribution is -0.145. The average molecular weight is 231 g/mol. The zero-order chi connectivity index (χ0) is 12.4. The van der Waals surface area contributed by atoms with Gasteiger partial charge in [0.1, 0.15) is 5.54 Å². The van der Waals surface area contributed by atoms with Crippen molar-refractivity contribution in [2.45, 2.75) is 52.0 Å². The number of carboxylic acid groups (broad SMARTS) is 1. The highest BCUT2D eigenvalue weighted by Gasteiger charge is 2.31. The summed E-state index contributed by atoms with van der Waals surface area (Å²) >= 11 is 0. The molecule has 4 heteroatoms. The third kappa shape index (κ3) is 6.08. The van der Waals surface area contributed by atoms with E-state index in [1.54, 1.807) is 6.92 Å². The molecule has 0 fully saturated rings. The Bertz CT molecular complexity index is 197. The molecule has 0 heterocycles. The first-order valence-corrected chi connectivity index (χ1v) is 6.13. The average Bonchev–Trinajstić information content (AvgIpc) is 2.26. The quantitative estimate of drug-likeness (QED) is 0.565. The Morgan fingerprint density at radius 3 is 2.50 bits per heavy atom. The van der Waals surface area contributed by atoms with E-state index in [4.69, 9.17) is 9.84 Å². The molecule has 1 atom stereocenters. The van der Waals surface area contributed by atoms with Crippen LogP contribution in [-0.2, 0) is 9.53 Å². The fourth-order valence-corrected chi connectivity index (χ4v) is 1.30. The number of hydrogen-bond donors (Lipinski definition) is 2. The summed E-state index contributed by atoms with van der Waals surface area (Å²) < 4.78 is 5.40. The van der Waals surface area contributed by atoms with Crippen LogP contribution in [0, 0.1) is 0 Å². The van der Waals surface area contributed by atoms with Crippen molar-refractivity contribution in [1.82, 2.24) is 5.32 Å². The smallest absolute Gasteiger partial charge is 0.323 e. The molecule has 0 aromatic rings. The highest BCUT2D eigenvalue weighted by Crippen LogP contribution is 2.10. The third-order valence-corrected chi connectivity index (χ3v) is 2.63. The van der Waals surface area contributed by atoms with E-state index >= 15 is 0 Å². The van der Waals surface area contributed by atoms with Crippen molar-refractivity contribution in [2.24, 2.45) is 0 Å². The van der Waals surface area contributed by atoms with E-state index in [1.165, 1.54) is 0 Å². The SMILES string of the molecule is CCCCOCCC(C)(NCCC)C(=O)O. The number of aliphatic carboxylic acids is 1. The molecule has 16 heavy (non-hydrogen) atoms. The van der Waals surface area contributed by atoms with Gasteiger partial charge >= 0.3 is 5.97 Å². The molecule has 0 spiro atoms. The molecular formula is C12H25NO3. The first-order chi connectivity index (χ1) is 7.56. The molecule has 96 valence electrons. The van der Waals surface area contributed by atoms with Gasteiger partial charge in [-0.3, -0.25) is 4.79 Å². The molecule has 0 amide bonds. The van der Waals surface area contributed by atoms with Crippen LogP contribution in [0.15, 0.2) is 0 Å². The second-order valence-electron chi connectivity index (χ2n) is 4.28. The minimum Gasteiger partial charge on any atom is -0.480 e. The van der Waals surface area contributed by atoms with Gasteiger partial charge in [0, 0.05) is 13.2 Å². The normalized spacial score (nSPS) is 14.7. The van der Waals surface area contributed by atoms with Gasteiger partial charge < -0.3 is 15.2 Å². The summed E-state index contributed by atoms with van der Waals surface area (Å²) in [6, 6.07) is 0. The Morgan fingerprint density at radius 2 is 2.00 bits per heavy atom. The number of nitrogens with one attached hydrogen (secondary N) is 1. The Hall–Kier alpha value is -0.610. The maximum absolute atomic E-state index is 11.1. The summed E-state index contributed by atoms with van der Waals surface area (Å²) in [5.74, 6) is -0.806. The predicted octanol–water partition coefficient (Wildman–Crippen LogP) is 2.04. The zero-order valence-electron chi connectivity index (χ0n) is 10.7. The zero-order valence-corrected chi connectivity index (χ0v) is 10.7. The molecule has 0 radical (unpaired) electrons. The molecule has 0 rings (SSSR count). The number of carbonyl (C=O) groups is 1. The van der Waals surface area contributed by atoms with Crippen molar-refractivity contribution in [1.29, 1.82) is 0 Å². The fraction of sp³-hybridized carbons (Fsp3) is 0.917. The van der Waals surface area contributed by atoms with Gasteiger partial charge in [0.15, 0.2) is 0 Å². The lowest BCUT2D eigenvalue weighted by atomic mass is 9.98. The number of carboxylic acids is 1. The number of ether oxygens (including phenoxy) is 1. The van der Waals surface area contributed by atoms with E-state index in [0.717, 1.165) is 32.4 Å². The Labute approximate surface area is 98.4 Å². The van der Waals surface area contributed by atoms with Crippen molar-refractivity contribution in [3.05, 3.63) is 0 Å². The van der Waals surface area contributed by atoms with E-state index in [2.05, 4.69) is 12.2 Å². The maximum atomic E-state index is 11.1. The van der Waals surface area contributed by atoms with Gasteiger partial charge in [0.25, 0.3) is 0 Å². The molecule has 0 bridgehead atoms. The second-order valence-corrected chi connectivity index (χ2v) is 4.28. The summed E-state index contributed by atoms with van der Waals surface area (Å²) in [5, 5.41) is 12.2. The highest BCUT2D eigenvalue weighted by molar-refractivity contribution is 5.78. The van der Waals surface area contributed by atoms with E-state index in [1.807, 2.05) is 6.92 Å². The Balaban J connectivity index is 3.88. The summed E-state index contributed by atoms with van der Waals surface area (Å²) in [4.78, 5) is 11.1. The fourth-order valence-electron chi connectivity index (χ4n) is 1.30. The van der Waals surface area contributed by atoms with Crippen LogP contribution in [0.5, 0.6) is 0 Å². The van der Waals surface area contributed by atoms with Crippen molar-refractivity contribution >= 4 is 5.97 Å². The van der Waals surface area contributed by atoms with Crippen LogP contribution in [0.1, 0.15) is 46.5 Å². The summed E-state index contributed by atoms with van der Waals surface area (Å²) in [7, 11) is 0. The number of hydrogen-bond acceptors (Lipinski definition) is 3. The molecule has 1 unspecified atom stereocenters. The van der Waals surface area contributed by atoms with Gasteiger partial charge in [-0.05, 0) is 32.7 Å². The van der Waals surface area contributed by atoms with Crippen molar-refractivity contribution in [3.8, 4) is 0 Å². The molecule has 0 aromatic heterocycles. The third-order valence-electron chi connectivity index (χ3n) is 2.63. The molecular weight excluding hydrogens is 206 g/mol. The van der Waals surface area contributed by atoms with Crippen LogP contribution in [-0.4, -0.2) is 36.4 Å². The van der Waals surface area contributed by atoms with E-state index in [-0.39, 0.29) is 0 Å². The summed E-state index contributed by atoms with van der Waals surface area (Å²) in [6.45, 7) is 7.78. The van der Waals surface area contributed by atoms with Gasteiger partial charge in [-0.25, -0.2) is 0 Å². The largest absolute Gasteiger partial charge is 0.480 e. The van der Waals surface area contributed by atoms with Crippen LogP contribution >= 0.6 is 0 Å². The van der Waals surface area contributed by atoms with E-state index in [9.17, 15) is 4.79 Å². The van der Waals surface area contributed by atoms with Crippen LogP contribution in [0.4, 0.5) is 0 Å². The highest BCUT2D eigenvalue weighted by atomic mass is 16.5. The second kappa shape index (κ2) is 8.53. The standard InChI is InChI=1S/C12H25NO3/c1-4-6-9-16-10-7-12(3,11(14)15)13-8-5-2/h13H,4-10H2,1-3H3,(H,14,15). The number of unbranched alkanes of at least 4 members (excludes halogenated alkanes) is 1. The summed E-state index contributed by atoms with van der Waals surface area (Å²) in [6.07, 6.45) is 3.57. The van der Waals surface area contributed by atoms with Crippen LogP contribution < -0.4 is 5.32 Å². The molecule has 2 N–H and O–H groups in total. The Kier molecular flexibility index (Phi) is 8.21. The monoisotopic (exact) mass is 231 g/mol. The predicted molar refractivity (Wildman–Crippen MR) is 64.7 cm³/mol. The minimum absolute atomic E-state index is 0.500. The van der Waals surface area contributed by atoms with Crippen molar-refractivity contribution < 1.29 is 14.6 Å². The van der Waals surface area contributed by atoms with Crippen LogP contribution in [0.2, 0.25) is 0 Å². The Morgan fingerprint density at radius 1 is 1.31 bits per heavy atom. The molecule has 0 aliphatic heterocycles. The van der Waals surface area contributed by atoms with E-state index in [0.29, 0.717) is 13.0 Å². The van der Waals surface area contributed by atoms with Crippen molar-refractivity contribution in [2.75, 3.05) is 19.8 Å². The first kappa shape index (κ1) is 15.4. The molecule has 0 aromatic carbocycles. The lowest BCUT2D eigenvalue weighted by Gasteiger charge is -2.26. The molecule has 0 saturated carbocycles. The first-order valence-electron chi connectivity index (χ1n) is 6.13. The molecule has 0 aliphatic carbocycles. The van der Waals surface area contributed by atoms with Gasteiger partial charge in [-0.1, -0.05) is 20.3 Å². The molecule has 4 nitrogen and oxygen atoms in total. The molecule has 0 aliphatic rings. The van der Waals surface area contributed by atoms with Crippen molar-refractivity contribution in [3.63, 3.8) is 0 Å². The molecule has 0 saturated heterocycles. The maximum Gasteiger partial charge on any atom is 0.323 e. The van der Waals surface area contributed by atoms with Gasteiger partial charge in [0.05, 0.1) is 0 Å². The summed E-state index contributed by atoms with van der Waals surface area (Å²) in [5.41, 5.74) is -0.859. The van der Waals surface area contributed by atoms with Gasteiger partial charge in [-0.15, -0.1) is 0 Å². The topological polar surface area (TPSA) is 58.6 Å². The lowest BCUT2D eigenvalue weighted by Crippen LogP contribution is -2.50. The van der Waals surface area contributed by atoms with E-state index < -0.39 is 11.5 Å². The van der Waals surface area contributed by atoms with Gasteiger partial charge in [0.2, 0.25) is 0 Å². The van der Waals surface area contributed by atoms with Gasteiger partial charge in [-0.2, -0.15) is 0 Å². The van der Waals surface area contributed by atoms with Crippen LogP contribution in [0.25, 0.3) is 0 Å².